The highest BCUT2D eigenvalue weighted by Gasteiger charge is 2.22. The minimum Gasteiger partial charge on any atom is -0.369 e. The summed E-state index contributed by atoms with van der Waals surface area (Å²) in [5.41, 5.74) is 14.2. The lowest BCUT2D eigenvalue weighted by Gasteiger charge is -2.19. The molecule has 2 amide bonds. The summed E-state index contributed by atoms with van der Waals surface area (Å²) >= 11 is 2.15. The van der Waals surface area contributed by atoms with Crippen molar-refractivity contribution in [1.82, 2.24) is 5.32 Å². The molecule has 6 N–H and O–H groups in total. The third kappa shape index (κ3) is 8.21. The molecule has 0 spiro atoms. The number of amides is 2. The fourth-order valence-electron chi connectivity index (χ4n) is 3.34. The number of guanidine groups is 1. The Morgan fingerprint density at radius 2 is 1.63 bits per heavy atom. The van der Waals surface area contributed by atoms with Gasteiger partial charge in [-0.2, -0.15) is 5.10 Å². The molecule has 0 aliphatic heterocycles. The summed E-state index contributed by atoms with van der Waals surface area (Å²) in [6.07, 6.45) is 1.08. The Labute approximate surface area is 218 Å². The van der Waals surface area contributed by atoms with Crippen molar-refractivity contribution in [3.05, 3.63) is 99.1 Å². The predicted octanol–water partition coefficient (Wildman–Crippen LogP) is 3.66. The number of nitrogens with two attached hydrogens (primary N) is 2. The maximum Gasteiger partial charge on any atom is 0.251 e. The van der Waals surface area contributed by atoms with E-state index in [0.29, 0.717) is 29.8 Å². The van der Waals surface area contributed by atoms with Crippen LogP contribution in [-0.2, 0) is 11.2 Å². The first-order chi connectivity index (χ1) is 16.8. The topological polar surface area (TPSA) is 135 Å². The van der Waals surface area contributed by atoms with Crippen molar-refractivity contribution >= 4 is 51.8 Å². The maximum absolute atomic E-state index is 13.3. The van der Waals surface area contributed by atoms with Gasteiger partial charge in [-0.1, -0.05) is 48.5 Å². The Bertz CT molecular complexity index is 1240. The molecule has 0 fully saturated rings. The number of benzene rings is 3. The van der Waals surface area contributed by atoms with Gasteiger partial charge in [0, 0.05) is 14.8 Å². The number of hydrogen-bond donors (Lipinski definition) is 4. The first-order valence-electron chi connectivity index (χ1n) is 11.0. The van der Waals surface area contributed by atoms with Gasteiger partial charge in [-0.05, 0) is 83.8 Å². The SMILES string of the molecule is CC(=NN=C(N)N)c1cccc(NC(=O)[C@H](CCc2ccccc2)NC(=O)c2cccc(I)c2)c1. The van der Waals surface area contributed by atoms with Gasteiger partial charge in [0.2, 0.25) is 11.9 Å². The molecule has 0 aliphatic rings. The van der Waals surface area contributed by atoms with Gasteiger partial charge in [-0.3, -0.25) is 9.59 Å². The lowest BCUT2D eigenvalue weighted by molar-refractivity contribution is -0.118. The van der Waals surface area contributed by atoms with E-state index in [1.54, 1.807) is 37.3 Å². The molecule has 3 rings (SSSR count). The molecule has 0 saturated heterocycles. The third-order valence-electron chi connectivity index (χ3n) is 5.14. The van der Waals surface area contributed by atoms with Crippen LogP contribution in [0.1, 0.15) is 34.8 Å². The number of aryl methyl sites for hydroxylation is 1. The minimum atomic E-state index is -0.736. The van der Waals surface area contributed by atoms with Crippen LogP contribution < -0.4 is 22.1 Å². The van der Waals surface area contributed by atoms with Gasteiger partial charge >= 0.3 is 0 Å². The number of carbonyl (C=O) groups excluding carboxylic acids is 2. The molecular formula is C26H27IN6O2. The van der Waals surface area contributed by atoms with E-state index in [1.807, 2.05) is 48.5 Å². The van der Waals surface area contributed by atoms with E-state index in [1.165, 1.54) is 0 Å². The molecule has 0 aromatic heterocycles. The van der Waals surface area contributed by atoms with E-state index in [-0.39, 0.29) is 17.8 Å². The van der Waals surface area contributed by atoms with Gasteiger partial charge in [-0.15, -0.1) is 5.10 Å². The number of nitrogens with one attached hydrogen (secondary N) is 2. The van der Waals surface area contributed by atoms with E-state index < -0.39 is 6.04 Å². The smallest absolute Gasteiger partial charge is 0.251 e. The van der Waals surface area contributed by atoms with Gasteiger partial charge in [0.25, 0.3) is 5.91 Å². The highest BCUT2D eigenvalue weighted by Crippen LogP contribution is 2.15. The summed E-state index contributed by atoms with van der Waals surface area (Å²) in [6, 6.07) is 23.5. The Balaban J connectivity index is 1.78. The molecule has 35 heavy (non-hydrogen) atoms. The number of rotatable bonds is 9. The Kier molecular flexibility index (Phi) is 9.36. The number of nitrogens with zero attached hydrogens (tertiary/aromatic N) is 2. The lowest BCUT2D eigenvalue weighted by atomic mass is 10.0. The summed E-state index contributed by atoms with van der Waals surface area (Å²) in [5, 5.41) is 13.5. The minimum absolute atomic E-state index is 0.140. The molecular weight excluding hydrogens is 555 g/mol. The first-order valence-corrected chi connectivity index (χ1v) is 12.0. The quantitative estimate of drug-likeness (QED) is 0.133. The fourth-order valence-corrected chi connectivity index (χ4v) is 3.88. The van der Waals surface area contributed by atoms with Crippen molar-refractivity contribution in [3.63, 3.8) is 0 Å². The van der Waals surface area contributed by atoms with Crippen molar-refractivity contribution in [3.8, 4) is 0 Å². The number of halogens is 1. The van der Waals surface area contributed by atoms with Gasteiger partial charge in [0.1, 0.15) is 6.04 Å². The molecule has 1 atom stereocenters. The first kappa shape index (κ1) is 25.9. The van der Waals surface area contributed by atoms with E-state index in [2.05, 4.69) is 43.4 Å². The van der Waals surface area contributed by atoms with Crippen LogP contribution in [0.5, 0.6) is 0 Å². The van der Waals surface area contributed by atoms with Crippen LogP contribution in [0.25, 0.3) is 0 Å². The summed E-state index contributed by atoms with van der Waals surface area (Å²) < 4.78 is 0.940. The normalized spacial score (nSPS) is 11.9. The Morgan fingerprint density at radius 3 is 2.34 bits per heavy atom. The number of anilines is 1. The van der Waals surface area contributed by atoms with Crippen LogP contribution in [-0.4, -0.2) is 29.5 Å². The molecule has 8 nitrogen and oxygen atoms in total. The second kappa shape index (κ2) is 12.7. The van der Waals surface area contributed by atoms with E-state index in [9.17, 15) is 9.59 Å². The van der Waals surface area contributed by atoms with Crippen LogP contribution in [0.4, 0.5) is 5.69 Å². The van der Waals surface area contributed by atoms with Crippen molar-refractivity contribution in [2.24, 2.45) is 21.7 Å². The summed E-state index contributed by atoms with van der Waals surface area (Å²) in [4.78, 5) is 26.2. The van der Waals surface area contributed by atoms with E-state index >= 15 is 0 Å². The number of hydrogen-bond acceptors (Lipinski definition) is 4. The molecule has 3 aromatic rings. The highest BCUT2D eigenvalue weighted by atomic mass is 127. The van der Waals surface area contributed by atoms with Crippen molar-refractivity contribution in [2.75, 3.05) is 5.32 Å². The molecule has 0 unspecified atom stereocenters. The van der Waals surface area contributed by atoms with Crippen molar-refractivity contribution in [2.45, 2.75) is 25.8 Å². The zero-order chi connectivity index (χ0) is 25.2. The average molecular weight is 582 g/mol. The van der Waals surface area contributed by atoms with Crippen LogP contribution in [0, 0.1) is 3.57 Å². The van der Waals surface area contributed by atoms with Crippen molar-refractivity contribution in [1.29, 1.82) is 0 Å². The van der Waals surface area contributed by atoms with Crippen LogP contribution in [0.2, 0.25) is 0 Å². The zero-order valence-corrected chi connectivity index (χ0v) is 21.4. The molecule has 0 saturated carbocycles. The van der Waals surface area contributed by atoms with Crippen molar-refractivity contribution < 1.29 is 9.59 Å². The second-order valence-corrected chi connectivity index (χ2v) is 9.09. The molecule has 0 radical (unpaired) electrons. The van der Waals surface area contributed by atoms with Gasteiger partial charge in [-0.25, -0.2) is 0 Å². The summed E-state index contributed by atoms with van der Waals surface area (Å²) in [6.45, 7) is 1.76. The summed E-state index contributed by atoms with van der Waals surface area (Å²) in [7, 11) is 0. The monoisotopic (exact) mass is 582 g/mol. The molecule has 3 aromatic carbocycles. The number of carbonyl (C=O) groups is 2. The van der Waals surface area contributed by atoms with E-state index in [0.717, 1.165) is 14.7 Å². The van der Waals surface area contributed by atoms with Gasteiger partial charge < -0.3 is 22.1 Å². The van der Waals surface area contributed by atoms with Crippen LogP contribution >= 0.6 is 22.6 Å². The van der Waals surface area contributed by atoms with Gasteiger partial charge in [0.15, 0.2) is 0 Å². The Hall–Kier alpha value is -3.73. The third-order valence-corrected chi connectivity index (χ3v) is 5.81. The van der Waals surface area contributed by atoms with Gasteiger partial charge in [0.05, 0.1) is 5.71 Å². The zero-order valence-electron chi connectivity index (χ0n) is 19.2. The lowest BCUT2D eigenvalue weighted by Crippen LogP contribution is -2.44. The molecule has 9 heteroatoms. The molecule has 0 bridgehead atoms. The Morgan fingerprint density at radius 1 is 0.914 bits per heavy atom. The maximum atomic E-state index is 13.3. The summed E-state index contributed by atoms with van der Waals surface area (Å²) in [5.74, 6) is -0.750. The van der Waals surface area contributed by atoms with Crippen LogP contribution in [0.15, 0.2) is 89.1 Å². The fraction of sp³-hybridized carbons (Fsp3) is 0.154. The largest absolute Gasteiger partial charge is 0.369 e. The van der Waals surface area contributed by atoms with E-state index in [4.69, 9.17) is 11.5 Å². The second-order valence-electron chi connectivity index (χ2n) is 7.84. The molecule has 180 valence electrons. The molecule has 0 heterocycles. The average Bonchev–Trinajstić information content (AvgIpc) is 2.85. The highest BCUT2D eigenvalue weighted by molar-refractivity contribution is 14.1. The van der Waals surface area contributed by atoms with Crippen LogP contribution in [0.3, 0.4) is 0 Å². The molecule has 0 aliphatic carbocycles. The standard InChI is InChI=1S/C26H27IN6O2/c1-17(32-33-26(28)29)19-9-6-12-22(16-19)30-25(35)23(14-13-18-7-3-2-4-8-18)31-24(34)20-10-5-11-21(27)15-20/h2-12,15-16,23H,13-14H2,1H3,(H,30,35)(H,31,34)(H4,28,29,33)/t23-/m0/s1. The predicted molar refractivity (Wildman–Crippen MR) is 148 cm³/mol.